The van der Waals surface area contributed by atoms with Crippen LogP contribution in [-0.4, -0.2) is 26.0 Å². The average molecular weight is 451 g/mol. The van der Waals surface area contributed by atoms with Gasteiger partial charge < -0.3 is 19.7 Å². The van der Waals surface area contributed by atoms with Crippen LogP contribution >= 0.6 is 11.3 Å². The predicted octanol–water partition coefficient (Wildman–Crippen LogP) is 5.12. The first kappa shape index (κ1) is 21.9. The molecule has 1 aliphatic rings. The smallest absolute Gasteiger partial charge is 0.230 e. The Kier molecular flexibility index (Phi) is 6.19. The van der Waals surface area contributed by atoms with Crippen molar-refractivity contribution < 1.29 is 19.1 Å². The topological polar surface area (TPSA) is 67.9 Å². The highest BCUT2D eigenvalue weighted by Crippen LogP contribution is 2.44. The molecule has 2 amide bonds. The van der Waals surface area contributed by atoms with E-state index >= 15 is 0 Å². The summed E-state index contributed by atoms with van der Waals surface area (Å²) in [4.78, 5) is 29.3. The Hall–Kier alpha value is -3.32. The lowest BCUT2D eigenvalue weighted by Gasteiger charge is -2.27. The molecule has 2 aromatic carbocycles. The first-order valence-electron chi connectivity index (χ1n) is 10.4. The fourth-order valence-electron chi connectivity index (χ4n) is 4.11. The van der Waals surface area contributed by atoms with Crippen LogP contribution in [-0.2, 0) is 9.59 Å². The van der Waals surface area contributed by atoms with E-state index in [2.05, 4.69) is 5.32 Å². The maximum atomic E-state index is 13.4. The lowest BCUT2D eigenvalue weighted by Crippen LogP contribution is -2.32. The van der Waals surface area contributed by atoms with Gasteiger partial charge in [0, 0.05) is 28.7 Å². The number of carbonyl (C=O) groups is 2. The van der Waals surface area contributed by atoms with Gasteiger partial charge in [-0.2, -0.15) is 0 Å². The van der Waals surface area contributed by atoms with Crippen LogP contribution in [0.25, 0.3) is 0 Å². The van der Waals surface area contributed by atoms with Crippen molar-refractivity contribution in [2.75, 3.05) is 24.4 Å². The van der Waals surface area contributed by atoms with Crippen LogP contribution in [0.1, 0.15) is 28.5 Å². The van der Waals surface area contributed by atoms with Crippen molar-refractivity contribution in [1.82, 2.24) is 0 Å². The van der Waals surface area contributed by atoms with Gasteiger partial charge in [0.15, 0.2) is 11.5 Å². The quantitative estimate of drug-likeness (QED) is 0.566. The molecule has 0 aliphatic carbocycles. The number of aryl methyl sites for hydroxylation is 2. The number of benzene rings is 2. The van der Waals surface area contributed by atoms with Crippen LogP contribution in [0.3, 0.4) is 0 Å². The Labute approximate surface area is 191 Å². The SMILES string of the molecule is COc1cc(C)c(NC(=O)C2CC(=O)N(c3ccc(C)cc3)C2c2cccs2)cc1OC. The van der Waals surface area contributed by atoms with Crippen molar-refractivity contribution in [3.05, 3.63) is 69.9 Å². The second-order valence-corrected chi connectivity index (χ2v) is 8.86. The molecule has 0 radical (unpaired) electrons. The number of anilines is 2. The van der Waals surface area contributed by atoms with Gasteiger partial charge in [0.05, 0.1) is 26.2 Å². The van der Waals surface area contributed by atoms with Gasteiger partial charge in [-0.3, -0.25) is 9.59 Å². The van der Waals surface area contributed by atoms with E-state index in [1.807, 2.05) is 61.7 Å². The van der Waals surface area contributed by atoms with Crippen molar-refractivity contribution >= 4 is 34.5 Å². The fraction of sp³-hybridized carbons (Fsp3) is 0.280. The zero-order chi connectivity index (χ0) is 22.8. The van der Waals surface area contributed by atoms with E-state index in [1.54, 1.807) is 36.5 Å². The molecule has 3 aromatic rings. The monoisotopic (exact) mass is 450 g/mol. The van der Waals surface area contributed by atoms with Crippen LogP contribution in [0.15, 0.2) is 53.9 Å². The van der Waals surface area contributed by atoms with Crippen molar-refractivity contribution in [2.24, 2.45) is 5.92 Å². The first-order chi connectivity index (χ1) is 15.4. The third-order valence-electron chi connectivity index (χ3n) is 5.79. The second-order valence-electron chi connectivity index (χ2n) is 7.88. The zero-order valence-corrected chi connectivity index (χ0v) is 19.4. The van der Waals surface area contributed by atoms with Gasteiger partial charge in [0.2, 0.25) is 11.8 Å². The largest absolute Gasteiger partial charge is 0.493 e. The second kappa shape index (κ2) is 9.04. The Balaban J connectivity index is 1.67. The number of hydrogen-bond acceptors (Lipinski definition) is 5. The molecule has 32 heavy (non-hydrogen) atoms. The van der Waals surface area contributed by atoms with Crippen LogP contribution in [0.5, 0.6) is 11.5 Å². The Bertz CT molecular complexity index is 1130. The molecule has 6 nitrogen and oxygen atoms in total. The molecular weight excluding hydrogens is 424 g/mol. The minimum atomic E-state index is -0.519. The highest BCUT2D eigenvalue weighted by Gasteiger charge is 2.45. The van der Waals surface area contributed by atoms with Gasteiger partial charge in [-0.05, 0) is 49.1 Å². The Morgan fingerprint density at radius 2 is 1.75 bits per heavy atom. The van der Waals surface area contributed by atoms with Gasteiger partial charge >= 0.3 is 0 Å². The maximum Gasteiger partial charge on any atom is 0.230 e. The van der Waals surface area contributed by atoms with E-state index in [0.717, 1.165) is 21.7 Å². The van der Waals surface area contributed by atoms with Gasteiger partial charge in [-0.1, -0.05) is 23.8 Å². The predicted molar refractivity (Wildman–Crippen MR) is 127 cm³/mol. The molecule has 1 aliphatic heterocycles. The lowest BCUT2D eigenvalue weighted by molar-refractivity contribution is -0.122. The Morgan fingerprint density at radius 1 is 1.06 bits per heavy atom. The van der Waals surface area contributed by atoms with E-state index < -0.39 is 5.92 Å². The summed E-state index contributed by atoms with van der Waals surface area (Å²) in [6, 6.07) is 15.0. The first-order valence-corrected chi connectivity index (χ1v) is 11.3. The normalized spacial score (nSPS) is 18.0. The molecule has 0 bridgehead atoms. The average Bonchev–Trinajstić information content (AvgIpc) is 3.43. The molecule has 2 atom stereocenters. The summed E-state index contributed by atoms with van der Waals surface area (Å²) < 4.78 is 10.7. The molecular formula is C25H26N2O4S. The Morgan fingerprint density at radius 3 is 2.38 bits per heavy atom. The summed E-state index contributed by atoms with van der Waals surface area (Å²) >= 11 is 1.55. The summed E-state index contributed by atoms with van der Waals surface area (Å²) in [5, 5.41) is 4.99. The summed E-state index contributed by atoms with van der Waals surface area (Å²) in [6.07, 6.45) is 0.147. The fourth-order valence-corrected chi connectivity index (χ4v) is 4.99. The van der Waals surface area contributed by atoms with E-state index in [1.165, 1.54) is 0 Å². The van der Waals surface area contributed by atoms with Gasteiger partial charge in [-0.25, -0.2) is 0 Å². The number of hydrogen-bond donors (Lipinski definition) is 1. The number of nitrogens with zero attached hydrogens (tertiary/aromatic N) is 1. The van der Waals surface area contributed by atoms with E-state index in [-0.39, 0.29) is 24.3 Å². The highest BCUT2D eigenvalue weighted by molar-refractivity contribution is 7.10. The molecule has 2 unspecified atom stereocenters. The number of ether oxygens (including phenoxy) is 2. The molecule has 1 saturated heterocycles. The van der Waals surface area contributed by atoms with Crippen LogP contribution < -0.4 is 19.7 Å². The zero-order valence-electron chi connectivity index (χ0n) is 18.5. The highest BCUT2D eigenvalue weighted by atomic mass is 32.1. The van der Waals surface area contributed by atoms with Crippen molar-refractivity contribution in [1.29, 1.82) is 0 Å². The molecule has 1 fully saturated rings. The number of rotatable bonds is 6. The summed E-state index contributed by atoms with van der Waals surface area (Å²) in [6.45, 7) is 3.90. The molecule has 0 saturated carbocycles. The number of methoxy groups -OCH3 is 2. The molecule has 1 N–H and O–H groups in total. The van der Waals surface area contributed by atoms with E-state index in [0.29, 0.717) is 17.2 Å². The molecule has 7 heteroatoms. The molecule has 166 valence electrons. The molecule has 4 rings (SSSR count). The van der Waals surface area contributed by atoms with Crippen molar-refractivity contribution in [2.45, 2.75) is 26.3 Å². The van der Waals surface area contributed by atoms with E-state index in [4.69, 9.17) is 9.47 Å². The lowest BCUT2D eigenvalue weighted by atomic mass is 9.97. The molecule has 1 aromatic heterocycles. The minimum absolute atomic E-state index is 0.0589. The summed E-state index contributed by atoms with van der Waals surface area (Å²) in [7, 11) is 3.13. The van der Waals surface area contributed by atoms with Gasteiger partial charge in [0.25, 0.3) is 0 Å². The van der Waals surface area contributed by atoms with Gasteiger partial charge in [0.1, 0.15) is 0 Å². The maximum absolute atomic E-state index is 13.4. The number of nitrogens with one attached hydrogen (secondary N) is 1. The molecule has 0 spiro atoms. The standard InChI is InChI=1S/C25H26N2O4S/c1-15-7-9-17(10-8-15)27-23(28)13-18(24(27)22-6-5-11-32-22)25(29)26-19-14-21(31-4)20(30-3)12-16(19)2/h5-12,14,18,24H,13H2,1-4H3,(H,26,29). The van der Waals surface area contributed by atoms with Crippen LogP contribution in [0.2, 0.25) is 0 Å². The minimum Gasteiger partial charge on any atom is -0.493 e. The van der Waals surface area contributed by atoms with Crippen LogP contribution in [0.4, 0.5) is 11.4 Å². The van der Waals surface area contributed by atoms with E-state index in [9.17, 15) is 9.59 Å². The third kappa shape index (κ3) is 4.08. The number of carbonyl (C=O) groups excluding carboxylic acids is 2. The third-order valence-corrected chi connectivity index (χ3v) is 6.74. The molecule has 2 heterocycles. The van der Waals surface area contributed by atoms with Crippen LogP contribution in [0, 0.1) is 19.8 Å². The summed E-state index contributed by atoms with van der Waals surface area (Å²) in [5.41, 5.74) is 3.41. The van der Waals surface area contributed by atoms with Crippen molar-refractivity contribution in [3.8, 4) is 11.5 Å². The number of thiophene rings is 1. The van der Waals surface area contributed by atoms with Gasteiger partial charge in [-0.15, -0.1) is 11.3 Å². The number of amides is 2. The summed E-state index contributed by atoms with van der Waals surface area (Å²) in [5.74, 6) is 0.362. The van der Waals surface area contributed by atoms with Crippen molar-refractivity contribution in [3.63, 3.8) is 0 Å².